The number of benzene rings is 2. The Bertz CT molecular complexity index is 1230. The van der Waals surface area contributed by atoms with Crippen LogP contribution in [-0.4, -0.2) is 56.0 Å². The van der Waals surface area contributed by atoms with Crippen LogP contribution in [0.4, 0.5) is 13.2 Å². The lowest BCUT2D eigenvalue weighted by atomic mass is 9.79. The Kier molecular flexibility index (Phi) is 6.76. The van der Waals surface area contributed by atoms with Crippen molar-refractivity contribution < 1.29 is 27.3 Å². The van der Waals surface area contributed by atoms with Crippen LogP contribution in [0.2, 0.25) is 0 Å². The van der Waals surface area contributed by atoms with Crippen molar-refractivity contribution in [2.75, 3.05) is 12.3 Å². The lowest BCUT2D eigenvalue weighted by Crippen LogP contribution is -2.57. The third-order valence-corrected chi connectivity index (χ3v) is 8.47. The van der Waals surface area contributed by atoms with Crippen molar-refractivity contribution in [2.45, 2.75) is 63.1 Å². The van der Waals surface area contributed by atoms with Crippen LogP contribution in [0.25, 0.3) is 11.1 Å². The molecule has 2 aliphatic rings. The summed E-state index contributed by atoms with van der Waals surface area (Å²) in [5, 5.41) is 10.6. The van der Waals surface area contributed by atoms with Crippen molar-refractivity contribution in [3.8, 4) is 11.1 Å². The second kappa shape index (κ2) is 9.22. The maximum absolute atomic E-state index is 15.7. The zero-order valence-corrected chi connectivity index (χ0v) is 20.5. The first-order valence-corrected chi connectivity index (χ1v) is 13.4. The Labute approximate surface area is 203 Å². The van der Waals surface area contributed by atoms with Gasteiger partial charge in [0.2, 0.25) is 0 Å². The number of aliphatic hydroxyl groups is 1. The van der Waals surface area contributed by atoms with Crippen molar-refractivity contribution in [1.29, 1.82) is 4.78 Å². The average molecular weight is 510 g/mol. The van der Waals surface area contributed by atoms with Gasteiger partial charge in [0.05, 0.1) is 12.6 Å². The summed E-state index contributed by atoms with van der Waals surface area (Å²) < 4.78 is 68.7. The first kappa shape index (κ1) is 25.7. The molecule has 2 fully saturated rings. The van der Waals surface area contributed by atoms with Crippen molar-refractivity contribution in [1.82, 2.24) is 9.62 Å². The molecule has 2 aromatic rings. The highest BCUT2D eigenvalue weighted by Crippen LogP contribution is 2.41. The highest BCUT2D eigenvalue weighted by molar-refractivity contribution is 7.90. The number of carbonyl (C=O) groups excluding carboxylic acids is 1. The van der Waals surface area contributed by atoms with Gasteiger partial charge in [-0.15, -0.1) is 0 Å². The fourth-order valence-corrected chi connectivity index (χ4v) is 5.71. The van der Waals surface area contributed by atoms with Gasteiger partial charge in [-0.1, -0.05) is 55.0 Å². The van der Waals surface area contributed by atoms with Crippen molar-refractivity contribution in [3.05, 3.63) is 59.4 Å². The Morgan fingerprint density at radius 2 is 1.94 bits per heavy atom. The van der Waals surface area contributed by atoms with Gasteiger partial charge >= 0.3 is 0 Å². The molecule has 1 saturated heterocycles. The van der Waals surface area contributed by atoms with Crippen LogP contribution in [0.15, 0.2) is 42.5 Å². The maximum atomic E-state index is 15.7. The minimum atomic E-state index is -3.57. The monoisotopic (exact) mass is 509 g/mol. The summed E-state index contributed by atoms with van der Waals surface area (Å²) in [6.07, 6.45) is 0.641. The van der Waals surface area contributed by atoms with Crippen LogP contribution in [0.1, 0.15) is 37.3 Å². The van der Waals surface area contributed by atoms with E-state index in [0.29, 0.717) is 17.5 Å². The summed E-state index contributed by atoms with van der Waals surface area (Å²) in [5.74, 6) is -5.16. The number of nitrogens with zero attached hydrogens (tertiary/aromatic N) is 1. The zero-order chi connectivity index (χ0) is 25.6. The summed E-state index contributed by atoms with van der Waals surface area (Å²) in [6, 6.07) is 8.80. The fourth-order valence-electron chi connectivity index (χ4n) is 4.80. The minimum absolute atomic E-state index is 0.116. The third kappa shape index (κ3) is 4.96. The van der Waals surface area contributed by atoms with Crippen molar-refractivity contribution in [3.63, 3.8) is 0 Å². The van der Waals surface area contributed by atoms with Gasteiger partial charge in [-0.05, 0) is 43.7 Å². The SMILES string of the molecule is CCS(=N)(=O)N[C@@H]1[C@H](Cc2cccc(-c3cccc(C)c3)c2F)N(C(=O)C2(O)CCC2)CC1(F)F. The van der Waals surface area contributed by atoms with E-state index in [0.717, 1.165) is 10.5 Å². The number of nitrogens with one attached hydrogen (secondary N) is 2. The molecule has 0 bridgehead atoms. The Morgan fingerprint density at radius 3 is 2.54 bits per heavy atom. The highest BCUT2D eigenvalue weighted by atomic mass is 32.2. The van der Waals surface area contributed by atoms with E-state index in [9.17, 15) is 14.1 Å². The largest absolute Gasteiger partial charge is 0.380 e. The molecule has 0 radical (unpaired) electrons. The first-order valence-electron chi connectivity index (χ1n) is 11.7. The molecule has 1 amide bonds. The molecule has 0 spiro atoms. The molecule has 1 aliphatic carbocycles. The standard InChI is InChI=1S/C25H30F3N3O3S/c1-3-35(29,34)30-22-20(31(15-25(22,27)28)23(32)24(33)11-6-12-24)14-18-9-5-10-19(21(18)26)17-8-4-7-16(2)13-17/h4-5,7-10,13,20,22,33H,3,6,11-12,14-15H2,1-2H3,(H2,29,30,34)/t20-,22+,35?/m0/s1. The number of carbonyl (C=O) groups is 1. The normalized spacial score (nSPS) is 24.6. The van der Waals surface area contributed by atoms with E-state index in [2.05, 4.69) is 4.72 Å². The topological polar surface area (TPSA) is 93.5 Å². The second-order valence-electron chi connectivity index (χ2n) is 9.56. The number of alkyl halides is 2. The van der Waals surface area contributed by atoms with Gasteiger partial charge < -0.3 is 10.0 Å². The number of likely N-dealkylation sites (tertiary alicyclic amines) is 1. The van der Waals surface area contributed by atoms with Gasteiger partial charge in [0.15, 0.2) is 0 Å². The first-order chi connectivity index (χ1) is 16.4. The molecule has 0 aromatic heterocycles. The van der Waals surface area contributed by atoms with Crippen LogP contribution in [0, 0.1) is 17.5 Å². The molecule has 6 nitrogen and oxygen atoms in total. The fraction of sp³-hybridized carbons (Fsp3) is 0.480. The Morgan fingerprint density at radius 1 is 1.26 bits per heavy atom. The van der Waals surface area contributed by atoms with Gasteiger partial charge in [-0.3, -0.25) is 4.79 Å². The molecule has 3 atom stereocenters. The van der Waals surface area contributed by atoms with Gasteiger partial charge in [0.25, 0.3) is 11.8 Å². The number of aryl methyl sites for hydroxylation is 1. The molecular formula is C25H30F3N3O3S. The van der Waals surface area contributed by atoms with E-state index in [1.807, 2.05) is 19.1 Å². The molecule has 1 unspecified atom stereocenters. The molecule has 1 saturated carbocycles. The molecule has 10 heteroatoms. The van der Waals surface area contributed by atoms with E-state index in [1.165, 1.54) is 13.0 Å². The summed E-state index contributed by atoms with van der Waals surface area (Å²) in [6.45, 7) is 2.31. The number of hydrogen-bond acceptors (Lipinski definition) is 4. The van der Waals surface area contributed by atoms with Crippen LogP contribution in [0.3, 0.4) is 0 Å². The maximum Gasteiger partial charge on any atom is 0.283 e. The average Bonchev–Trinajstić information content (AvgIpc) is 3.02. The second-order valence-corrected chi connectivity index (χ2v) is 11.7. The molecule has 2 aromatic carbocycles. The molecule has 4 rings (SSSR count). The van der Waals surface area contributed by atoms with Crippen LogP contribution in [-0.2, 0) is 21.1 Å². The molecular weight excluding hydrogens is 479 g/mol. The highest BCUT2D eigenvalue weighted by Gasteiger charge is 2.59. The summed E-state index contributed by atoms with van der Waals surface area (Å²) in [7, 11) is -3.57. The van der Waals surface area contributed by atoms with E-state index < -0.39 is 51.8 Å². The molecule has 1 aliphatic heterocycles. The van der Waals surface area contributed by atoms with E-state index in [4.69, 9.17) is 4.78 Å². The lowest BCUT2D eigenvalue weighted by Gasteiger charge is -2.40. The van der Waals surface area contributed by atoms with Gasteiger partial charge in [-0.25, -0.2) is 26.9 Å². The van der Waals surface area contributed by atoms with Gasteiger partial charge in [-0.2, -0.15) is 0 Å². The van der Waals surface area contributed by atoms with Crippen LogP contribution >= 0.6 is 0 Å². The molecule has 3 N–H and O–H groups in total. The predicted octanol–water partition coefficient (Wildman–Crippen LogP) is 4.04. The number of hydrogen-bond donors (Lipinski definition) is 3. The van der Waals surface area contributed by atoms with Crippen LogP contribution in [0.5, 0.6) is 0 Å². The lowest BCUT2D eigenvalue weighted by molar-refractivity contribution is -0.162. The molecule has 1 heterocycles. The summed E-state index contributed by atoms with van der Waals surface area (Å²) in [5.41, 5.74) is 0.256. The van der Waals surface area contributed by atoms with Gasteiger partial charge in [0.1, 0.15) is 27.4 Å². The number of amides is 1. The predicted molar refractivity (Wildman–Crippen MR) is 128 cm³/mol. The quantitative estimate of drug-likeness (QED) is 0.526. The van der Waals surface area contributed by atoms with Crippen molar-refractivity contribution >= 4 is 15.8 Å². The number of halogens is 3. The Balaban J connectivity index is 1.74. The summed E-state index contributed by atoms with van der Waals surface area (Å²) in [4.78, 5) is 14.0. The van der Waals surface area contributed by atoms with E-state index >= 15 is 13.2 Å². The molecule has 35 heavy (non-hydrogen) atoms. The zero-order valence-electron chi connectivity index (χ0n) is 19.7. The van der Waals surface area contributed by atoms with E-state index in [1.54, 1.807) is 24.3 Å². The van der Waals surface area contributed by atoms with Crippen LogP contribution < -0.4 is 4.72 Å². The van der Waals surface area contributed by atoms with Gasteiger partial charge in [0, 0.05) is 11.3 Å². The number of rotatable bonds is 7. The molecule has 190 valence electrons. The minimum Gasteiger partial charge on any atom is -0.380 e. The van der Waals surface area contributed by atoms with E-state index in [-0.39, 0.29) is 30.6 Å². The smallest absolute Gasteiger partial charge is 0.283 e. The third-order valence-electron chi connectivity index (χ3n) is 7.02. The summed E-state index contributed by atoms with van der Waals surface area (Å²) >= 11 is 0. The Hall–Kier alpha value is -2.43. The van der Waals surface area contributed by atoms with Crippen molar-refractivity contribution in [2.24, 2.45) is 0 Å².